The first kappa shape index (κ1) is 24.0. The minimum atomic E-state index is -4.10. The zero-order chi connectivity index (χ0) is 21.5. The number of aromatic nitrogens is 3. The molecular weight excluding hydrogens is 393 g/mol. The molecule has 0 saturated heterocycles. The molecule has 1 aromatic rings. The summed E-state index contributed by atoms with van der Waals surface area (Å²) in [6.07, 6.45) is 4.55. The maximum absolute atomic E-state index is 12.3. The van der Waals surface area contributed by atoms with Crippen molar-refractivity contribution in [3.8, 4) is 0 Å². The number of hydrogen-bond acceptors (Lipinski definition) is 7. The molecule has 160 valence electrons. The van der Waals surface area contributed by atoms with Crippen molar-refractivity contribution in [2.45, 2.75) is 38.1 Å². The van der Waals surface area contributed by atoms with E-state index < -0.39 is 32.1 Å². The summed E-state index contributed by atoms with van der Waals surface area (Å²) in [6.45, 7) is -0.439. The molecule has 0 aromatic carbocycles. The van der Waals surface area contributed by atoms with Crippen LogP contribution in [0.5, 0.6) is 0 Å². The smallest absolute Gasteiger partial charge is 0.355 e. The van der Waals surface area contributed by atoms with Gasteiger partial charge in [-0.05, 0) is 12.8 Å². The van der Waals surface area contributed by atoms with Gasteiger partial charge in [-0.15, -0.1) is 0 Å². The molecule has 0 atom stereocenters. The van der Waals surface area contributed by atoms with Gasteiger partial charge in [0.2, 0.25) is 5.95 Å². The van der Waals surface area contributed by atoms with Crippen molar-refractivity contribution in [2.75, 3.05) is 31.8 Å². The standard InChI is InChI=1S/C12H20N4O2.C3H8NO5P/c1-14(2)10-13-11(17)16(12(18)15(10)3)9-7-5-4-6-8-9;5-3(6)1-4-2-10(7,8)9/h9H,4-8H2,1-3H3;4H,1-2H2,(H,5,6)(H2,7,8,9). The lowest BCUT2D eigenvalue weighted by Crippen LogP contribution is -2.45. The molecule has 0 aliphatic heterocycles. The number of nitrogens with one attached hydrogen (secondary N) is 1. The highest BCUT2D eigenvalue weighted by Crippen LogP contribution is 2.31. The van der Waals surface area contributed by atoms with Gasteiger partial charge in [-0.2, -0.15) is 4.98 Å². The van der Waals surface area contributed by atoms with E-state index in [1.54, 1.807) is 26.0 Å². The van der Waals surface area contributed by atoms with Crippen molar-refractivity contribution in [3.05, 3.63) is 21.0 Å². The minimum absolute atomic E-state index is 0.0219. The lowest BCUT2D eigenvalue weighted by Gasteiger charge is -2.24. The van der Waals surface area contributed by atoms with E-state index in [2.05, 4.69) is 10.3 Å². The van der Waals surface area contributed by atoms with E-state index in [0.717, 1.165) is 25.7 Å². The van der Waals surface area contributed by atoms with Crippen molar-refractivity contribution < 1.29 is 24.3 Å². The molecule has 0 radical (unpaired) electrons. The third kappa shape index (κ3) is 7.55. The van der Waals surface area contributed by atoms with E-state index in [0.29, 0.717) is 5.95 Å². The summed E-state index contributed by atoms with van der Waals surface area (Å²) < 4.78 is 12.8. The van der Waals surface area contributed by atoms with Gasteiger partial charge in [0.25, 0.3) is 0 Å². The number of anilines is 1. The Hall–Kier alpha value is -2.01. The molecule has 0 bridgehead atoms. The van der Waals surface area contributed by atoms with Crippen molar-refractivity contribution in [3.63, 3.8) is 0 Å². The van der Waals surface area contributed by atoms with Crippen LogP contribution in [0.15, 0.2) is 9.59 Å². The van der Waals surface area contributed by atoms with Crippen LogP contribution in [-0.2, 0) is 16.4 Å². The van der Waals surface area contributed by atoms with Crippen LogP contribution >= 0.6 is 7.60 Å². The van der Waals surface area contributed by atoms with Crippen LogP contribution in [0.25, 0.3) is 0 Å². The Morgan fingerprint density at radius 2 is 1.82 bits per heavy atom. The molecule has 1 saturated carbocycles. The maximum atomic E-state index is 12.3. The number of carboxylic acids is 1. The Morgan fingerprint density at radius 3 is 2.29 bits per heavy atom. The number of aliphatic carboxylic acids is 1. The van der Waals surface area contributed by atoms with Gasteiger partial charge in [-0.3, -0.25) is 19.2 Å². The third-order valence-corrected chi connectivity index (χ3v) is 4.76. The van der Waals surface area contributed by atoms with E-state index >= 15 is 0 Å². The predicted octanol–water partition coefficient (Wildman–Crippen LogP) is -0.691. The van der Waals surface area contributed by atoms with Gasteiger partial charge in [0.1, 0.15) is 0 Å². The van der Waals surface area contributed by atoms with Crippen LogP contribution < -0.4 is 21.6 Å². The average molecular weight is 421 g/mol. The van der Waals surface area contributed by atoms with E-state index in [4.69, 9.17) is 14.9 Å². The molecule has 0 unspecified atom stereocenters. The zero-order valence-electron chi connectivity index (χ0n) is 16.2. The lowest BCUT2D eigenvalue weighted by molar-refractivity contribution is -0.135. The molecule has 1 heterocycles. The van der Waals surface area contributed by atoms with Crippen LogP contribution in [0.1, 0.15) is 38.1 Å². The monoisotopic (exact) mass is 421 g/mol. The third-order valence-electron chi connectivity index (χ3n) is 4.13. The number of nitrogens with zero attached hydrogens (tertiary/aromatic N) is 4. The average Bonchev–Trinajstić information content (AvgIpc) is 2.58. The van der Waals surface area contributed by atoms with Crippen LogP contribution in [-0.4, -0.2) is 61.9 Å². The molecule has 0 amide bonds. The highest BCUT2D eigenvalue weighted by Gasteiger charge is 2.21. The number of carbonyl (C=O) groups is 1. The molecule has 4 N–H and O–H groups in total. The van der Waals surface area contributed by atoms with Crippen molar-refractivity contribution in [1.82, 2.24) is 19.4 Å². The summed E-state index contributed by atoms with van der Waals surface area (Å²) in [7, 11) is 1.10. The normalized spacial score (nSPS) is 14.9. The molecule has 1 aliphatic carbocycles. The number of hydrogen-bond donors (Lipinski definition) is 4. The summed E-state index contributed by atoms with van der Waals surface area (Å²) in [5, 5.41) is 10.1. The number of carboxylic acid groups (broad SMARTS) is 1. The quantitative estimate of drug-likeness (QED) is 0.432. The maximum Gasteiger partial charge on any atom is 0.355 e. The molecule has 1 aromatic heterocycles. The Bertz CT molecular complexity index is 823. The highest BCUT2D eigenvalue weighted by atomic mass is 31.2. The first-order chi connectivity index (χ1) is 12.9. The molecule has 0 spiro atoms. The van der Waals surface area contributed by atoms with Gasteiger partial charge >= 0.3 is 24.9 Å². The van der Waals surface area contributed by atoms with E-state index in [9.17, 15) is 18.9 Å². The second-order valence-electron chi connectivity index (χ2n) is 6.74. The van der Waals surface area contributed by atoms with E-state index in [1.807, 2.05) is 0 Å². The summed E-state index contributed by atoms with van der Waals surface area (Å²) >= 11 is 0. The Balaban J connectivity index is 0.000000336. The fourth-order valence-corrected chi connectivity index (χ4v) is 3.31. The van der Waals surface area contributed by atoms with Crippen LogP contribution in [0.4, 0.5) is 5.95 Å². The first-order valence-corrected chi connectivity index (χ1v) is 10.6. The van der Waals surface area contributed by atoms with Gasteiger partial charge in [0.05, 0.1) is 12.8 Å². The largest absolute Gasteiger partial charge is 0.480 e. The Labute approximate surface area is 162 Å². The molecule has 12 nitrogen and oxygen atoms in total. The van der Waals surface area contributed by atoms with Gasteiger partial charge < -0.3 is 19.8 Å². The van der Waals surface area contributed by atoms with E-state index in [1.165, 1.54) is 15.6 Å². The fraction of sp³-hybridized carbons (Fsp3) is 0.733. The summed E-state index contributed by atoms with van der Waals surface area (Å²) in [5.74, 6) is -0.745. The van der Waals surface area contributed by atoms with Crippen molar-refractivity contribution >= 4 is 19.5 Å². The van der Waals surface area contributed by atoms with Crippen molar-refractivity contribution in [2.24, 2.45) is 7.05 Å². The van der Waals surface area contributed by atoms with Crippen LogP contribution in [0.3, 0.4) is 0 Å². The zero-order valence-corrected chi connectivity index (χ0v) is 17.1. The molecular formula is C15H28N5O7P. The Kier molecular flexibility index (Phi) is 9.02. The SMILES string of the molecule is CN(C)c1nc(=O)n(C2CCCCC2)c(=O)n1C.O=C(O)CNCP(=O)(O)O. The highest BCUT2D eigenvalue weighted by molar-refractivity contribution is 7.51. The van der Waals surface area contributed by atoms with Gasteiger partial charge in [0.15, 0.2) is 0 Å². The van der Waals surface area contributed by atoms with Crippen LogP contribution in [0, 0.1) is 0 Å². The van der Waals surface area contributed by atoms with Gasteiger partial charge in [0, 0.05) is 27.2 Å². The van der Waals surface area contributed by atoms with Crippen molar-refractivity contribution in [1.29, 1.82) is 0 Å². The van der Waals surface area contributed by atoms with Gasteiger partial charge in [-0.25, -0.2) is 14.2 Å². The summed E-state index contributed by atoms with van der Waals surface area (Å²) in [5.41, 5.74) is -0.681. The van der Waals surface area contributed by atoms with Gasteiger partial charge in [-0.1, -0.05) is 19.3 Å². The second-order valence-corrected chi connectivity index (χ2v) is 8.38. The molecule has 2 rings (SSSR count). The van der Waals surface area contributed by atoms with E-state index in [-0.39, 0.29) is 11.7 Å². The molecule has 13 heteroatoms. The topological polar surface area (TPSA) is 167 Å². The summed E-state index contributed by atoms with van der Waals surface area (Å²) in [6, 6.07) is 0.0219. The van der Waals surface area contributed by atoms with Crippen LogP contribution in [0.2, 0.25) is 0 Å². The second kappa shape index (κ2) is 10.5. The fourth-order valence-electron chi connectivity index (χ4n) is 2.90. The lowest BCUT2D eigenvalue weighted by atomic mass is 9.95. The minimum Gasteiger partial charge on any atom is -0.480 e. The first-order valence-electron chi connectivity index (χ1n) is 8.78. The Morgan fingerprint density at radius 1 is 1.25 bits per heavy atom. The molecule has 1 aliphatic rings. The predicted molar refractivity (Wildman–Crippen MR) is 103 cm³/mol. The summed E-state index contributed by atoms with van der Waals surface area (Å²) in [4.78, 5) is 56.1. The molecule has 1 fully saturated rings. The molecule has 28 heavy (non-hydrogen) atoms. The number of rotatable bonds is 6.